The molecule has 0 bridgehead atoms. The van der Waals surface area contributed by atoms with E-state index in [2.05, 4.69) is 15.0 Å². The first-order chi connectivity index (χ1) is 9.93. The van der Waals surface area contributed by atoms with Gasteiger partial charge in [-0.3, -0.25) is 9.59 Å². The highest BCUT2D eigenvalue weighted by Gasteiger charge is 2.19. The molecule has 0 saturated heterocycles. The average Bonchev–Trinajstić information content (AvgIpc) is 2.84. The molecule has 2 rings (SSSR count). The zero-order chi connectivity index (χ0) is 15.6. The number of hydrogen-bond acceptors (Lipinski definition) is 5. The van der Waals surface area contributed by atoms with Gasteiger partial charge in [-0.2, -0.15) is 0 Å². The zero-order valence-electron chi connectivity index (χ0n) is 11.8. The number of esters is 1. The Morgan fingerprint density at radius 2 is 2.05 bits per heavy atom. The number of aromatic amines is 1. The van der Waals surface area contributed by atoms with Crippen LogP contribution in [0.1, 0.15) is 31.3 Å². The Morgan fingerprint density at radius 1 is 1.33 bits per heavy atom. The van der Waals surface area contributed by atoms with E-state index < -0.39 is 17.4 Å². The van der Waals surface area contributed by atoms with Crippen LogP contribution in [-0.2, 0) is 4.74 Å². The van der Waals surface area contributed by atoms with Crippen molar-refractivity contribution in [1.82, 2.24) is 4.98 Å². The van der Waals surface area contributed by atoms with Crippen LogP contribution in [0.15, 0.2) is 22.3 Å². The number of carbonyl (C=O) groups is 2. The molecule has 0 atom stereocenters. The lowest BCUT2D eigenvalue weighted by Crippen LogP contribution is -2.25. The van der Waals surface area contributed by atoms with Crippen LogP contribution in [0.2, 0.25) is 0 Å². The summed E-state index contributed by atoms with van der Waals surface area (Å²) < 4.78 is 4.64. The molecule has 110 valence electrons. The number of aromatic nitrogens is 1. The molecule has 7 heteroatoms. The van der Waals surface area contributed by atoms with Crippen molar-refractivity contribution < 1.29 is 14.3 Å². The lowest BCUT2D eigenvalue weighted by Gasteiger charge is -2.08. The Kier molecular flexibility index (Phi) is 4.23. The normalized spacial score (nSPS) is 10.2. The van der Waals surface area contributed by atoms with Crippen molar-refractivity contribution in [2.75, 3.05) is 12.4 Å². The van der Waals surface area contributed by atoms with E-state index in [9.17, 15) is 14.4 Å². The molecular formula is C14H14N2O4S. The summed E-state index contributed by atoms with van der Waals surface area (Å²) in [4.78, 5) is 38.6. The molecule has 0 aliphatic heterocycles. The maximum absolute atomic E-state index is 12.2. The van der Waals surface area contributed by atoms with E-state index >= 15 is 0 Å². The van der Waals surface area contributed by atoms with Crippen molar-refractivity contribution in [3.05, 3.63) is 49.6 Å². The van der Waals surface area contributed by atoms with Gasteiger partial charge in [-0.1, -0.05) is 0 Å². The molecule has 0 aliphatic rings. The fourth-order valence-corrected chi connectivity index (χ4v) is 2.74. The van der Waals surface area contributed by atoms with Crippen molar-refractivity contribution in [2.24, 2.45) is 0 Å². The maximum Gasteiger partial charge on any atom is 0.350 e. The molecular weight excluding hydrogens is 292 g/mol. The molecule has 0 fully saturated rings. The van der Waals surface area contributed by atoms with E-state index in [4.69, 9.17) is 0 Å². The molecule has 1 amide bonds. The molecule has 21 heavy (non-hydrogen) atoms. The van der Waals surface area contributed by atoms with E-state index in [1.807, 2.05) is 0 Å². The number of H-pyrrole nitrogens is 1. The minimum atomic E-state index is -0.558. The number of methoxy groups -OCH3 is 1. The number of carbonyl (C=O) groups excluding carboxylic acids is 2. The topological polar surface area (TPSA) is 88.3 Å². The summed E-state index contributed by atoms with van der Waals surface area (Å²) in [6.07, 6.45) is 0. The number of rotatable bonds is 3. The van der Waals surface area contributed by atoms with Gasteiger partial charge in [0.15, 0.2) is 0 Å². The first-order valence-corrected chi connectivity index (χ1v) is 6.99. The second-order valence-electron chi connectivity index (χ2n) is 4.45. The average molecular weight is 306 g/mol. The molecule has 6 nitrogen and oxygen atoms in total. The lowest BCUT2D eigenvalue weighted by molar-refractivity contribution is 0.0607. The summed E-state index contributed by atoms with van der Waals surface area (Å²) in [6.45, 7) is 3.43. The van der Waals surface area contributed by atoms with Gasteiger partial charge in [0, 0.05) is 5.69 Å². The highest BCUT2D eigenvalue weighted by Crippen LogP contribution is 2.23. The molecule has 0 aromatic carbocycles. The molecule has 0 unspecified atom stereocenters. The number of hydrogen-bond donors (Lipinski definition) is 2. The van der Waals surface area contributed by atoms with Crippen LogP contribution >= 0.6 is 11.3 Å². The van der Waals surface area contributed by atoms with Gasteiger partial charge in [0.2, 0.25) is 0 Å². The fraction of sp³-hybridized carbons (Fsp3) is 0.214. The first-order valence-electron chi connectivity index (χ1n) is 6.11. The first kappa shape index (κ1) is 15.0. The highest BCUT2D eigenvalue weighted by molar-refractivity contribution is 7.12. The quantitative estimate of drug-likeness (QED) is 0.850. The number of pyridine rings is 1. The van der Waals surface area contributed by atoms with Crippen LogP contribution in [0.3, 0.4) is 0 Å². The Labute approximate surface area is 124 Å². The number of thiophene rings is 1. The van der Waals surface area contributed by atoms with Crippen molar-refractivity contribution in [3.8, 4) is 0 Å². The second-order valence-corrected chi connectivity index (χ2v) is 5.36. The van der Waals surface area contributed by atoms with Crippen LogP contribution in [0.5, 0.6) is 0 Å². The van der Waals surface area contributed by atoms with Crippen molar-refractivity contribution >= 4 is 28.9 Å². The number of anilines is 1. The smallest absolute Gasteiger partial charge is 0.350 e. The van der Waals surface area contributed by atoms with Crippen LogP contribution in [0.25, 0.3) is 0 Å². The maximum atomic E-state index is 12.2. The third kappa shape index (κ3) is 3.03. The van der Waals surface area contributed by atoms with E-state index in [1.165, 1.54) is 7.11 Å². The predicted molar refractivity (Wildman–Crippen MR) is 80.1 cm³/mol. The third-order valence-electron chi connectivity index (χ3n) is 2.88. The monoisotopic (exact) mass is 306 g/mol. The Hall–Kier alpha value is -2.41. The van der Waals surface area contributed by atoms with Gasteiger partial charge < -0.3 is 15.0 Å². The van der Waals surface area contributed by atoms with E-state index in [0.29, 0.717) is 16.9 Å². The SMILES string of the molecule is COC(=O)c1sccc1NC(=O)c1c(C)cc(C)[nH]c1=O. The minimum absolute atomic E-state index is 0.0302. The van der Waals surface area contributed by atoms with Crippen molar-refractivity contribution in [1.29, 1.82) is 0 Å². The summed E-state index contributed by atoms with van der Waals surface area (Å²) >= 11 is 1.16. The summed E-state index contributed by atoms with van der Waals surface area (Å²) in [6, 6.07) is 3.30. The zero-order valence-corrected chi connectivity index (χ0v) is 12.6. The fourth-order valence-electron chi connectivity index (χ4n) is 1.98. The second kappa shape index (κ2) is 5.92. The highest BCUT2D eigenvalue weighted by atomic mass is 32.1. The van der Waals surface area contributed by atoms with E-state index in [1.54, 1.807) is 31.4 Å². The van der Waals surface area contributed by atoms with E-state index in [-0.39, 0.29) is 10.4 Å². The van der Waals surface area contributed by atoms with Gasteiger partial charge in [-0.25, -0.2) is 4.79 Å². The predicted octanol–water partition coefficient (Wildman–Crippen LogP) is 2.09. The summed E-state index contributed by atoms with van der Waals surface area (Å²) in [7, 11) is 1.27. The largest absolute Gasteiger partial charge is 0.465 e. The molecule has 2 N–H and O–H groups in total. The lowest BCUT2D eigenvalue weighted by atomic mass is 10.1. The Morgan fingerprint density at radius 3 is 2.67 bits per heavy atom. The van der Waals surface area contributed by atoms with E-state index in [0.717, 1.165) is 11.3 Å². The van der Waals surface area contributed by atoms with Crippen molar-refractivity contribution in [2.45, 2.75) is 13.8 Å². The summed E-state index contributed by atoms with van der Waals surface area (Å²) in [5.74, 6) is -1.09. The van der Waals surface area contributed by atoms with Gasteiger partial charge in [0.25, 0.3) is 11.5 Å². The van der Waals surface area contributed by atoms with Gasteiger partial charge in [0.1, 0.15) is 10.4 Å². The molecule has 2 heterocycles. The molecule has 0 aliphatic carbocycles. The molecule has 0 radical (unpaired) electrons. The number of amides is 1. The standard InChI is InChI=1S/C14H14N2O4S/c1-7-6-8(2)15-12(17)10(7)13(18)16-9-4-5-21-11(9)14(19)20-3/h4-6H,1-3H3,(H,15,17)(H,16,18). The van der Waals surface area contributed by atoms with Crippen LogP contribution < -0.4 is 10.9 Å². The number of aryl methyl sites for hydroxylation is 2. The summed E-state index contributed by atoms with van der Waals surface area (Å²) in [5, 5.41) is 4.23. The van der Waals surface area contributed by atoms with Crippen LogP contribution in [-0.4, -0.2) is 24.0 Å². The minimum Gasteiger partial charge on any atom is -0.465 e. The Bertz CT molecular complexity index is 761. The van der Waals surface area contributed by atoms with Gasteiger partial charge in [-0.05, 0) is 36.9 Å². The molecule has 0 spiro atoms. The number of nitrogens with one attached hydrogen (secondary N) is 2. The molecule has 0 saturated carbocycles. The third-order valence-corrected chi connectivity index (χ3v) is 3.77. The van der Waals surface area contributed by atoms with Crippen LogP contribution in [0, 0.1) is 13.8 Å². The van der Waals surface area contributed by atoms with Gasteiger partial charge >= 0.3 is 5.97 Å². The Balaban J connectivity index is 2.34. The van der Waals surface area contributed by atoms with Crippen LogP contribution in [0.4, 0.5) is 5.69 Å². The van der Waals surface area contributed by atoms with Gasteiger partial charge in [-0.15, -0.1) is 11.3 Å². The van der Waals surface area contributed by atoms with Crippen molar-refractivity contribution in [3.63, 3.8) is 0 Å². The molecule has 2 aromatic heterocycles. The molecule has 2 aromatic rings. The van der Waals surface area contributed by atoms with Gasteiger partial charge in [0.05, 0.1) is 12.8 Å². The number of ether oxygens (including phenoxy) is 1. The summed E-state index contributed by atoms with van der Waals surface area (Å²) in [5.41, 5.74) is 1.15.